The molecule has 1 atom stereocenters. The predicted octanol–water partition coefficient (Wildman–Crippen LogP) is 3.37. The van der Waals surface area contributed by atoms with Crippen molar-refractivity contribution < 1.29 is 14.8 Å². The van der Waals surface area contributed by atoms with Crippen molar-refractivity contribution in [2.45, 2.75) is 32.2 Å². The van der Waals surface area contributed by atoms with E-state index in [1.165, 1.54) is 0 Å². The third-order valence-electron chi connectivity index (χ3n) is 5.71. The molecule has 4 rings (SSSR count). The number of halogens is 1. The standard InChI is InChI=1S/C21H21ClN2O3/c22-18-5-1-14(2-6-18)13-24(27)19(25)16-3-4-17-12-21(8-7-15(17)11-16)9-10-23-20(21)26/h1-6,11,27H,7-10,12-13H2,(H,23,26)/t21-/m1/s1. The maximum atomic E-state index is 12.6. The van der Waals surface area contributed by atoms with Crippen LogP contribution in [0.25, 0.3) is 0 Å². The van der Waals surface area contributed by atoms with Crippen LogP contribution in [-0.2, 0) is 24.2 Å². The van der Waals surface area contributed by atoms with Crippen LogP contribution in [0, 0.1) is 5.41 Å². The molecular weight excluding hydrogens is 364 g/mol. The summed E-state index contributed by atoms with van der Waals surface area (Å²) in [5, 5.41) is 14.5. The van der Waals surface area contributed by atoms with Gasteiger partial charge in [-0.3, -0.25) is 14.8 Å². The lowest BCUT2D eigenvalue weighted by Gasteiger charge is -2.32. The molecule has 0 unspecified atom stereocenters. The van der Waals surface area contributed by atoms with Crippen LogP contribution < -0.4 is 5.32 Å². The van der Waals surface area contributed by atoms with E-state index in [0.717, 1.165) is 54.0 Å². The Morgan fingerprint density at radius 3 is 2.63 bits per heavy atom. The van der Waals surface area contributed by atoms with Gasteiger partial charge in [-0.2, -0.15) is 0 Å². The minimum atomic E-state index is -0.438. The van der Waals surface area contributed by atoms with Crippen LogP contribution in [0.5, 0.6) is 0 Å². The van der Waals surface area contributed by atoms with Crippen molar-refractivity contribution in [1.82, 2.24) is 10.4 Å². The van der Waals surface area contributed by atoms with Crippen LogP contribution in [0.3, 0.4) is 0 Å². The van der Waals surface area contributed by atoms with Crippen LogP contribution in [0.1, 0.15) is 39.9 Å². The first-order valence-corrected chi connectivity index (χ1v) is 9.50. The summed E-state index contributed by atoms with van der Waals surface area (Å²) in [4.78, 5) is 24.8. The zero-order valence-corrected chi connectivity index (χ0v) is 15.6. The molecule has 1 aliphatic carbocycles. The molecule has 0 bridgehead atoms. The monoisotopic (exact) mass is 384 g/mol. The van der Waals surface area contributed by atoms with E-state index in [-0.39, 0.29) is 17.9 Å². The Kier molecular flexibility index (Phi) is 4.66. The highest BCUT2D eigenvalue weighted by Gasteiger charge is 2.44. The number of nitrogens with zero attached hydrogens (tertiary/aromatic N) is 1. The van der Waals surface area contributed by atoms with E-state index in [9.17, 15) is 14.8 Å². The van der Waals surface area contributed by atoms with Gasteiger partial charge in [0.1, 0.15) is 0 Å². The fourth-order valence-electron chi connectivity index (χ4n) is 4.10. The molecular formula is C21H21ClN2O3. The van der Waals surface area contributed by atoms with Gasteiger partial charge in [0.2, 0.25) is 5.91 Å². The maximum Gasteiger partial charge on any atom is 0.277 e. The Bertz CT molecular complexity index is 897. The highest BCUT2D eigenvalue weighted by molar-refractivity contribution is 6.30. The third-order valence-corrected chi connectivity index (χ3v) is 5.96. The number of aryl methyl sites for hydroxylation is 1. The van der Waals surface area contributed by atoms with E-state index >= 15 is 0 Å². The first kappa shape index (κ1) is 18.0. The van der Waals surface area contributed by atoms with E-state index in [1.54, 1.807) is 30.3 Å². The second-order valence-corrected chi connectivity index (χ2v) is 7.87. The van der Waals surface area contributed by atoms with Crippen LogP contribution >= 0.6 is 11.6 Å². The minimum absolute atomic E-state index is 0.0936. The molecule has 140 valence electrons. The molecule has 27 heavy (non-hydrogen) atoms. The largest absolute Gasteiger partial charge is 0.356 e. The Hall–Kier alpha value is -2.37. The van der Waals surface area contributed by atoms with Gasteiger partial charge in [0.25, 0.3) is 5.91 Å². The van der Waals surface area contributed by atoms with Crippen LogP contribution in [0.4, 0.5) is 0 Å². The van der Waals surface area contributed by atoms with Gasteiger partial charge in [-0.25, -0.2) is 5.06 Å². The van der Waals surface area contributed by atoms with Crippen molar-refractivity contribution in [3.8, 4) is 0 Å². The summed E-state index contributed by atoms with van der Waals surface area (Å²) >= 11 is 5.86. The van der Waals surface area contributed by atoms with Crippen LogP contribution in [0.15, 0.2) is 42.5 Å². The van der Waals surface area contributed by atoms with Crippen molar-refractivity contribution in [2.24, 2.45) is 5.41 Å². The number of amides is 2. The van der Waals surface area contributed by atoms with Crippen LogP contribution in [-0.4, -0.2) is 28.6 Å². The molecule has 2 aromatic carbocycles. The van der Waals surface area contributed by atoms with Gasteiger partial charge in [0.15, 0.2) is 0 Å². The molecule has 0 saturated carbocycles. The summed E-state index contributed by atoms with van der Waals surface area (Å²) in [6.07, 6.45) is 3.16. The number of hydroxylamine groups is 2. The average molecular weight is 385 g/mol. The van der Waals surface area contributed by atoms with Crippen LogP contribution in [0.2, 0.25) is 5.02 Å². The smallest absolute Gasteiger partial charge is 0.277 e. The van der Waals surface area contributed by atoms with Crippen molar-refractivity contribution in [2.75, 3.05) is 6.54 Å². The topological polar surface area (TPSA) is 69.6 Å². The highest BCUT2D eigenvalue weighted by atomic mass is 35.5. The van der Waals surface area contributed by atoms with Gasteiger partial charge < -0.3 is 5.32 Å². The van der Waals surface area contributed by atoms with E-state index in [2.05, 4.69) is 5.32 Å². The Morgan fingerprint density at radius 2 is 1.93 bits per heavy atom. The molecule has 1 heterocycles. The quantitative estimate of drug-likeness (QED) is 0.629. The average Bonchev–Trinajstić information content (AvgIpc) is 3.02. The van der Waals surface area contributed by atoms with Gasteiger partial charge in [-0.05, 0) is 66.6 Å². The number of fused-ring (bicyclic) bond motifs is 1. The molecule has 1 spiro atoms. The molecule has 2 aromatic rings. The minimum Gasteiger partial charge on any atom is -0.356 e. The molecule has 2 N–H and O–H groups in total. The van der Waals surface area contributed by atoms with Crippen molar-refractivity contribution in [3.05, 3.63) is 69.7 Å². The van der Waals surface area contributed by atoms with Gasteiger partial charge >= 0.3 is 0 Å². The van der Waals surface area contributed by atoms with Crippen molar-refractivity contribution in [1.29, 1.82) is 0 Å². The molecule has 2 aliphatic rings. The fraction of sp³-hybridized carbons (Fsp3) is 0.333. The molecule has 1 fully saturated rings. The van der Waals surface area contributed by atoms with E-state index < -0.39 is 5.91 Å². The first-order valence-electron chi connectivity index (χ1n) is 9.12. The molecule has 6 heteroatoms. The summed E-state index contributed by atoms with van der Waals surface area (Å²) in [5.74, 6) is -0.288. The Labute approximate surface area is 162 Å². The SMILES string of the molecule is O=C(c1ccc2c(c1)CC[C@@]1(CCNC1=O)C2)N(O)Cc1ccc(Cl)cc1. The number of hydrogen-bond donors (Lipinski definition) is 2. The lowest BCUT2D eigenvalue weighted by molar-refractivity contribution is -0.128. The number of carbonyl (C=O) groups excluding carboxylic acids is 2. The van der Waals surface area contributed by atoms with E-state index in [0.29, 0.717) is 10.6 Å². The summed E-state index contributed by atoms with van der Waals surface area (Å²) < 4.78 is 0. The lowest BCUT2D eigenvalue weighted by Crippen LogP contribution is -2.36. The predicted molar refractivity (Wildman–Crippen MR) is 102 cm³/mol. The summed E-state index contributed by atoms with van der Waals surface area (Å²) in [6.45, 7) is 0.839. The first-order chi connectivity index (χ1) is 13.0. The Balaban J connectivity index is 1.49. The van der Waals surface area contributed by atoms with Gasteiger partial charge in [-0.15, -0.1) is 0 Å². The summed E-state index contributed by atoms with van der Waals surface area (Å²) in [5.41, 5.74) is 3.18. The molecule has 5 nitrogen and oxygen atoms in total. The van der Waals surface area contributed by atoms with Gasteiger partial charge in [-0.1, -0.05) is 29.8 Å². The number of benzene rings is 2. The normalized spacial score (nSPS) is 21.0. The third kappa shape index (κ3) is 3.45. The lowest BCUT2D eigenvalue weighted by atomic mass is 9.70. The molecule has 1 aliphatic heterocycles. The molecule has 0 aromatic heterocycles. The molecule has 0 radical (unpaired) electrons. The number of carbonyl (C=O) groups is 2. The number of nitrogens with one attached hydrogen (secondary N) is 1. The van der Waals surface area contributed by atoms with Gasteiger partial charge in [0, 0.05) is 17.1 Å². The fourth-order valence-corrected chi connectivity index (χ4v) is 4.22. The van der Waals surface area contributed by atoms with Crippen molar-refractivity contribution in [3.63, 3.8) is 0 Å². The number of rotatable bonds is 3. The highest BCUT2D eigenvalue weighted by Crippen LogP contribution is 2.41. The summed E-state index contributed by atoms with van der Waals surface area (Å²) in [7, 11) is 0. The van der Waals surface area contributed by atoms with Gasteiger partial charge in [0.05, 0.1) is 12.0 Å². The zero-order chi connectivity index (χ0) is 19.0. The second-order valence-electron chi connectivity index (χ2n) is 7.44. The van der Waals surface area contributed by atoms with E-state index in [4.69, 9.17) is 11.6 Å². The Morgan fingerprint density at radius 1 is 1.15 bits per heavy atom. The summed E-state index contributed by atoms with van der Waals surface area (Å²) in [6, 6.07) is 12.5. The number of hydrogen-bond acceptors (Lipinski definition) is 3. The van der Waals surface area contributed by atoms with Crippen molar-refractivity contribution >= 4 is 23.4 Å². The molecule has 2 amide bonds. The van der Waals surface area contributed by atoms with E-state index in [1.807, 2.05) is 12.1 Å². The molecule has 1 saturated heterocycles. The zero-order valence-electron chi connectivity index (χ0n) is 14.9. The maximum absolute atomic E-state index is 12.6. The second kappa shape index (κ2) is 6.98.